The summed E-state index contributed by atoms with van der Waals surface area (Å²) < 4.78 is 10.9. The van der Waals surface area contributed by atoms with Gasteiger partial charge in [-0.05, 0) is 0 Å². The maximum absolute atomic E-state index is 11.0. The second-order valence-electron chi connectivity index (χ2n) is 2.41. The van der Waals surface area contributed by atoms with Gasteiger partial charge in [-0.1, -0.05) is 11.2 Å². The third-order valence-electron chi connectivity index (χ3n) is 1.62. The fraction of sp³-hybridized carbons (Fsp3) is 0.833. The molecule has 1 aliphatic heterocycles. The smallest absolute Gasteiger partial charge is 0.227 e. The maximum atomic E-state index is 11.0. The standard InChI is InChI=1S/C6H11NO2S/c1-7-3-5-10(9)4-2-6(7)8/h2-5H2,1H3. The first-order valence-corrected chi connectivity index (χ1v) is 4.78. The summed E-state index contributed by atoms with van der Waals surface area (Å²) in [5.41, 5.74) is 0. The van der Waals surface area contributed by atoms with E-state index < -0.39 is 11.2 Å². The fourth-order valence-electron chi connectivity index (χ4n) is 0.858. The molecule has 1 atom stereocenters. The Morgan fingerprint density at radius 1 is 1.60 bits per heavy atom. The Labute approximate surface area is 63.6 Å². The number of amides is 1. The van der Waals surface area contributed by atoms with Crippen molar-refractivity contribution in [2.24, 2.45) is 0 Å². The molecule has 1 heterocycles. The average molecular weight is 161 g/mol. The Morgan fingerprint density at radius 2 is 2.30 bits per heavy atom. The minimum absolute atomic E-state index is 0.117. The van der Waals surface area contributed by atoms with Crippen LogP contribution in [0.25, 0.3) is 0 Å². The van der Waals surface area contributed by atoms with Crippen molar-refractivity contribution in [2.45, 2.75) is 6.42 Å². The topological polar surface area (TPSA) is 43.4 Å². The summed E-state index contributed by atoms with van der Waals surface area (Å²) in [4.78, 5) is 12.6. The largest absolute Gasteiger partial charge is 0.616 e. The van der Waals surface area contributed by atoms with Crippen LogP contribution in [0.5, 0.6) is 0 Å². The number of nitrogens with zero attached hydrogens (tertiary/aromatic N) is 1. The Balaban J connectivity index is 2.46. The lowest BCUT2D eigenvalue weighted by atomic mass is 10.4. The lowest BCUT2D eigenvalue weighted by Gasteiger charge is -2.10. The lowest BCUT2D eigenvalue weighted by molar-refractivity contribution is -0.129. The Morgan fingerprint density at radius 3 is 3.00 bits per heavy atom. The maximum Gasteiger partial charge on any atom is 0.227 e. The Hall–Kier alpha value is -0.220. The highest BCUT2D eigenvalue weighted by Gasteiger charge is 2.19. The molecule has 0 saturated carbocycles. The van der Waals surface area contributed by atoms with Crippen LogP contribution in [0, 0.1) is 0 Å². The van der Waals surface area contributed by atoms with Crippen molar-refractivity contribution in [2.75, 3.05) is 25.1 Å². The van der Waals surface area contributed by atoms with Gasteiger partial charge in [-0.25, -0.2) is 0 Å². The number of carbonyl (C=O) groups is 1. The molecule has 1 aliphatic rings. The molecule has 1 unspecified atom stereocenters. The van der Waals surface area contributed by atoms with Crippen molar-refractivity contribution in [3.05, 3.63) is 0 Å². The van der Waals surface area contributed by atoms with Crippen molar-refractivity contribution in [1.29, 1.82) is 0 Å². The molecule has 0 aromatic heterocycles. The minimum Gasteiger partial charge on any atom is -0.616 e. The van der Waals surface area contributed by atoms with E-state index in [-0.39, 0.29) is 5.91 Å². The van der Waals surface area contributed by atoms with Gasteiger partial charge in [0.25, 0.3) is 0 Å². The first-order chi connectivity index (χ1) is 4.70. The SMILES string of the molecule is CN1CC[S+]([O-])CCC1=O. The second-order valence-corrected chi connectivity index (χ2v) is 4.11. The van der Waals surface area contributed by atoms with Crippen molar-refractivity contribution >= 4 is 17.1 Å². The minimum atomic E-state index is -0.761. The normalized spacial score (nSPS) is 28.4. The van der Waals surface area contributed by atoms with Gasteiger partial charge in [-0.15, -0.1) is 0 Å². The third kappa shape index (κ3) is 1.88. The molecule has 0 N–H and O–H groups in total. The van der Waals surface area contributed by atoms with E-state index in [1.54, 1.807) is 11.9 Å². The van der Waals surface area contributed by atoms with Crippen molar-refractivity contribution in [1.82, 2.24) is 4.90 Å². The monoisotopic (exact) mass is 161 g/mol. The van der Waals surface area contributed by atoms with Crippen LogP contribution in [0.3, 0.4) is 0 Å². The molecule has 1 rings (SSSR count). The van der Waals surface area contributed by atoms with Gasteiger partial charge in [-0.2, -0.15) is 0 Å². The number of rotatable bonds is 0. The van der Waals surface area contributed by atoms with Crippen molar-refractivity contribution in [3.8, 4) is 0 Å². The van der Waals surface area contributed by atoms with Crippen LogP contribution in [0.1, 0.15) is 6.42 Å². The molecule has 10 heavy (non-hydrogen) atoms. The van der Waals surface area contributed by atoms with Gasteiger partial charge in [-0.3, -0.25) is 4.79 Å². The summed E-state index contributed by atoms with van der Waals surface area (Å²) in [6, 6.07) is 0. The van der Waals surface area contributed by atoms with Gasteiger partial charge in [0.1, 0.15) is 11.5 Å². The molecule has 0 aliphatic carbocycles. The van der Waals surface area contributed by atoms with Crippen LogP contribution >= 0.6 is 0 Å². The van der Waals surface area contributed by atoms with E-state index in [1.807, 2.05) is 0 Å². The van der Waals surface area contributed by atoms with E-state index in [9.17, 15) is 9.35 Å². The molecule has 0 aromatic carbocycles. The average Bonchev–Trinajstić information content (AvgIpc) is 2.04. The van der Waals surface area contributed by atoms with Crippen LogP contribution in [0.2, 0.25) is 0 Å². The van der Waals surface area contributed by atoms with Crippen molar-refractivity contribution < 1.29 is 9.35 Å². The van der Waals surface area contributed by atoms with Gasteiger partial charge in [0.2, 0.25) is 5.91 Å². The van der Waals surface area contributed by atoms with Crippen LogP contribution < -0.4 is 0 Å². The summed E-state index contributed by atoms with van der Waals surface area (Å²) in [5, 5.41) is 0. The molecule has 3 nitrogen and oxygen atoms in total. The predicted octanol–water partition coefficient (Wildman–Crippen LogP) is -0.403. The summed E-state index contributed by atoms with van der Waals surface area (Å²) in [6.45, 7) is 0.644. The number of hydrogen-bond donors (Lipinski definition) is 0. The van der Waals surface area contributed by atoms with Crippen LogP contribution in [-0.2, 0) is 16.0 Å². The van der Waals surface area contributed by atoms with Crippen LogP contribution in [0.15, 0.2) is 0 Å². The highest BCUT2D eigenvalue weighted by atomic mass is 32.2. The summed E-state index contributed by atoms with van der Waals surface area (Å²) in [5.74, 6) is 1.30. The van der Waals surface area contributed by atoms with Gasteiger partial charge < -0.3 is 9.45 Å². The van der Waals surface area contributed by atoms with Crippen molar-refractivity contribution in [3.63, 3.8) is 0 Å². The third-order valence-corrected chi connectivity index (χ3v) is 2.92. The Kier molecular flexibility index (Phi) is 2.56. The highest BCUT2D eigenvalue weighted by molar-refractivity contribution is 7.91. The molecule has 1 saturated heterocycles. The van der Waals surface area contributed by atoms with E-state index >= 15 is 0 Å². The molecule has 1 fully saturated rings. The summed E-state index contributed by atoms with van der Waals surface area (Å²) in [7, 11) is 1.75. The van der Waals surface area contributed by atoms with Crippen LogP contribution in [-0.4, -0.2) is 40.5 Å². The molecule has 58 valence electrons. The molecular weight excluding hydrogens is 150 g/mol. The van der Waals surface area contributed by atoms with E-state index in [1.165, 1.54) is 0 Å². The van der Waals surface area contributed by atoms with Gasteiger partial charge in [0.05, 0.1) is 13.0 Å². The van der Waals surface area contributed by atoms with E-state index in [4.69, 9.17) is 0 Å². The molecule has 0 radical (unpaired) electrons. The first-order valence-electron chi connectivity index (χ1n) is 3.29. The zero-order valence-electron chi connectivity index (χ0n) is 6.00. The number of hydrogen-bond acceptors (Lipinski definition) is 2. The van der Waals surface area contributed by atoms with Gasteiger partial charge in [0, 0.05) is 7.05 Å². The molecule has 0 aromatic rings. The summed E-state index contributed by atoms with van der Waals surface area (Å²) in [6.07, 6.45) is 0.448. The Bertz CT molecular complexity index is 140. The van der Waals surface area contributed by atoms with E-state index in [0.717, 1.165) is 0 Å². The first kappa shape index (κ1) is 7.88. The van der Waals surface area contributed by atoms with Gasteiger partial charge >= 0.3 is 0 Å². The van der Waals surface area contributed by atoms with Crippen LogP contribution in [0.4, 0.5) is 0 Å². The summed E-state index contributed by atoms with van der Waals surface area (Å²) >= 11 is -0.761. The highest BCUT2D eigenvalue weighted by Crippen LogP contribution is 2.03. The number of carbonyl (C=O) groups excluding carboxylic acids is 1. The zero-order chi connectivity index (χ0) is 7.56. The molecule has 1 amide bonds. The van der Waals surface area contributed by atoms with Gasteiger partial charge in [0.15, 0.2) is 0 Å². The lowest BCUT2D eigenvalue weighted by Crippen LogP contribution is -2.27. The predicted molar refractivity (Wildman–Crippen MR) is 40.1 cm³/mol. The zero-order valence-corrected chi connectivity index (χ0v) is 6.82. The quantitative estimate of drug-likeness (QED) is 0.454. The fourth-order valence-corrected chi connectivity index (χ4v) is 1.94. The molecule has 0 spiro atoms. The molecule has 4 heteroatoms. The van der Waals surface area contributed by atoms with E-state index in [2.05, 4.69) is 0 Å². The second kappa shape index (κ2) is 3.25. The molecular formula is C6H11NO2S. The van der Waals surface area contributed by atoms with E-state index in [0.29, 0.717) is 24.5 Å². The molecule has 0 bridgehead atoms.